The van der Waals surface area contributed by atoms with Crippen LogP contribution in [0.2, 0.25) is 0 Å². The van der Waals surface area contributed by atoms with Crippen molar-refractivity contribution < 1.29 is 9.53 Å². The standard InChI is InChI=1S/C13H16N2O2/c1-14-7-8-15(2)13(14)10-17-12-6-4-3-5-11(12)9-16/h3-9,13H,10H2,1-2H3. The topological polar surface area (TPSA) is 32.8 Å². The summed E-state index contributed by atoms with van der Waals surface area (Å²) in [4.78, 5) is 15.0. The highest BCUT2D eigenvalue weighted by Crippen LogP contribution is 2.18. The first-order chi connectivity index (χ1) is 8.22. The van der Waals surface area contributed by atoms with E-state index in [-0.39, 0.29) is 6.17 Å². The van der Waals surface area contributed by atoms with E-state index in [0.717, 1.165) is 6.29 Å². The van der Waals surface area contributed by atoms with Gasteiger partial charge in [0.15, 0.2) is 6.29 Å². The highest BCUT2D eigenvalue weighted by molar-refractivity contribution is 5.79. The molecule has 1 aliphatic rings. The molecule has 1 heterocycles. The molecule has 0 saturated carbocycles. The lowest BCUT2D eigenvalue weighted by atomic mass is 10.2. The molecule has 0 aliphatic carbocycles. The van der Waals surface area contributed by atoms with E-state index < -0.39 is 0 Å². The molecule has 0 amide bonds. The molecule has 1 aromatic rings. The van der Waals surface area contributed by atoms with Gasteiger partial charge in [0.1, 0.15) is 18.5 Å². The zero-order valence-corrected chi connectivity index (χ0v) is 10.0. The lowest BCUT2D eigenvalue weighted by Gasteiger charge is -2.27. The monoisotopic (exact) mass is 232 g/mol. The zero-order chi connectivity index (χ0) is 12.3. The summed E-state index contributed by atoms with van der Waals surface area (Å²) in [7, 11) is 4.00. The Morgan fingerprint density at radius 2 is 1.88 bits per heavy atom. The number of aldehydes is 1. The van der Waals surface area contributed by atoms with Gasteiger partial charge in [-0.1, -0.05) is 12.1 Å². The molecule has 0 spiro atoms. The summed E-state index contributed by atoms with van der Waals surface area (Å²) in [5.41, 5.74) is 0.587. The molecule has 90 valence electrons. The van der Waals surface area contributed by atoms with Crippen LogP contribution >= 0.6 is 0 Å². The van der Waals surface area contributed by atoms with Crippen LogP contribution in [0.3, 0.4) is 0 Å². The second-order valence-electron chi connectivity index (χ2n) is 4.08. The molecule has 0 N–H and O–H groups in total. The van der Waals surface area contributed by atoms with Gasteiger partial charge < -0.3 is 14.5 Å². The number of likely N-dealkylation sites (N-methyl/N-ethyl adjacent to an activating group) is 2. The fourth-order valence-corrected chi connectivity index (χ4v) is 1.81. The van der Waals surface area contributed by atoms with E-state index in [9.17, 15) is 4.79 Å². The van der Waals surface area contributed by atoms with Gasteiger partial charge in [0.2, 0.25) is 0 Å². The highest BCUT2D eigenvalue weighted by Gasteiger charge is 2.21. The summed E-state index contributed by atoms with van der Waals surface area (Å²) in [6.07, 6.45) is 4.99. The Labute approximate surface area is 101 Å². The molecular formula is C13H16N2O2. The quantitative estimate of drug-likeness (QED) is 0.737. The number of carbonyl (C=O) groups excluding carboxylic acids is 1. The summed E-state index contributed by atoms with van der Waals surface area (Å²) < 4.78 is 5.70. The Morgan fingerprint density at radius 1 is 1.24 bits per heavy atom. The van der Waals surface area contributed by atoms with Gasteiger partial charge in [-0.15, -0.1) is 0 Å². The Kier molecular flexibility index (Phi) is 3.32. The Morgan fingerprint density at radius 3 is 2.53 bits per heavy atom. The van der Waals surface area contributed by atoms with E-state index in [2.05, 4.69) is 9.80 Å². The lowest BCUT2D eigenvalue weighted by molar-refractivity contribution is 0.110. The minimum absolute atomic E-state index is 0.176. The smallest absolute Gasteiger partial charge is 0.153 e. The van der Waals surface area contributed by atoms with Crippen LogP contribution in [0.5, 0.6) is 5.75 Å². The van der Waals surface area contributed by atoms with Crippen molar-refractivity contribution in [3.05, 3.63) is 42.2 Å². The van der Waals surface area contributed by atoms with Gasteiger partial charge >= 0.3 is 0 Å². The molecule has 0 fully saturated rings. The summed E-state index contributed by atoms with van der Waals surface area (Å²) in [6.45, 7) is 0.519. The third kappa shape index (κ3) is 2.41. The number of nitrogens with zero attached hydrogens (tertiary/aromatic N) is 2. The van der Waals surface area contributed by atoms with Crippen molar-refractivity contribution in [2.45, 2.75) is 6.17 Å². The number of hydrogen-bond donors (Lipinski definition) is 0. The molecule has 17 heavy (non-hydrogen) atoms. The molecule has 0 saturated heterocycles. The van der Waals surface area contributed by atoms with Crippen LogP contribution in [0.15, 0.2) is 36.7 Å². The molecule has 0 radical (unpaired) electrons. The minimum atomic E-state index is 0.176. The third-order valence-corrected chi connectivity index (χ3v) is 2.91. The zero-order valence-electron chi connectivity index (χ0n) is 10.0. The number of rotatable bonds is 4. The maximum absolute atomic E-state index is 10.8. The number of ether oxygens (including phenoxy) is 1. The van der Waals surface area contributed by atoms with Gasteiger partial charge in [0, 0.05) is 26.5 Å². The van der Waals surface area contributed by atoms with Gasteiger partial charge in [0.25, 0.3) is 0 Å². The fraction of sp³-hybridized carbons (Fsp3) is 0.308. The van der Waals surface area contributed by atoms with Gasteiger partial charge in [0.05, 0.1) is 5.56 Å². The average Bonchev–Trinajstić information content (AvgIpc) is 2.67. The van der Waals surface area contributed by atoms with Gasteiger partial charge in [-0.25, -0.2) is 0 Å². The molecular weight excluding hydrogens is 216 g/mol. The third-order valence-electron chi connectivity index (χ3n) is 2.91. The van der Waals surface area contributed by atoms with Crippen LogP contribution in [0.25, 0.3) is 0 Å². The fourth-order valence-electron chi connectivity index (χ4n) is 1.81. The summed E-state index contributed by atoms with van der Waals surface area (Å²) in [5, 5.41) is 0. The molecule has 1 aliphatic heterocycles. The summed E-state index contributed by atoms with van der Waals surface area (Å²) in [5.74, 6) is 0.635. The highest BCUT2D eigenvalue weighted by atomic mass is 16.5. The SMILES string of the molecule is CN1C=CN(C)C1COc1ccccc1C=O. The van der Waals surface area contributed by atoms with Gasteiger partial charge in [-0.3, -0.25) is 4.79 Å². The molecule has 1 aromatic carbocycles. The van der Waals surface area contributed by atoms with Crippen molar-refractivity contribution in [3.8, 4) is 5.75 Å². The number of para-hydroxylation sites is 1. The van der Waals surface area contributed by atoms with Crippen LogP contribution in [-0.2, 0) is 0 Å². The van der Waals surface area contributed by atoms with Crippen LogP contribution in [-0.4, -0.2) is 43.0 Å². The number of benzene rings is 1. The Hall–Kier alpha value is -1.97. The first-order valence-corrected chi connectivity index (χ1v) is 5.51. The van der Waals surface area contributed by atoms with E-state index in [0.29, 0.717) is 17.9 Å². The Bertz CT molecular complexity index is 419. The maximum atomic E-state index is 10.8. The largest absolute Gasteiger partial charge is 0.489 e. The van der Waals surface area contributed by atoms with Crippen LogP contribution in [0, 0.1) is 0 Å². The molecule has 0 unspecified atom stereocenters. The number of hydrogen-bond acceptors (Lipinski definition) is 4. The Balaban J connectivity index is 2.00. The second kappa shape index (κ2) is 4.91. The minimum Gasteiger partial charge on any atom is -0.489 e. The van der Waals surface area contributed by atoms with Crippen molar-refractivity contribution in [3.63, 3.8) is 0 Å². The molecule has 0 bridgehead atoms. The van der Waals surface area contributed by atoms with E-state index in [1.54, 1.807) is 6.07 Å². The van der Waals surface area contributed by atoms with Gasteiger partial charge in [-0.2, -0.15) is 0 Å². The predicted octanol–water partition coefficient (Wildman–Crippen LogP) is 1.55. The van der Waals surface area contributed by atoms with E-state index in [4.69, 9.17) is 4.74 Å². The molecule has 2 rings (SSSR count). The van der Waals surface area contributed by atoms with Gasteiger partial charge in [-0.05, 0) is 12.1 Å². The van der Waals surface area contributed by atoms with Crippen molar-refractivity contribution in [1.29, 1.82) is 0 Å². The second-order valence-corrected chi connectivity index (χ2v) is 4.08. The molecule has 4 nitrogen and oxygen atoms in total. The van der Waals surface area contributed by atoms with Crippen molar-refractivity contribution in [1.82, 2.24) is 9.80 Å². The summed E-state index contributed by atoms with van der Waals surface area (Å²) >= 11 is 0. The van der Waals surface area contributed by atoms with Crippen LogP contribution < -0.4 is 4.74 Å². The normalized spacial score (nSPS) is 15.4. The molecule has 0 aromatic heterocycles. The molecule has 0 atom stereocenters. The van der Waals surface area contributed by atoms with Crippen LogP contribution in [0.4, 0.5) is 0 Å². The maximum Gasteiger partial charge on any atom is 0.153 e. The van der Waals surface area contributed by atoms with Crippen molar-refractivity contribution >= 4 is 6.29 Å². The average molecular weight is 232 g/mol. The summed E-state index contributed by atoms with van der Waals surface area (Å²) in [6, 6.07) is 7.25. The van der Waals surface area contributed by atoms with Crippen molar-refractivity contribution in [2.75, 3.05) is 20.7 Å². The predicted molar refractivity (Wildman–Crippen MR) is 65.8 cm³/mol. The first-order valence-electron chi connectivity index (χ1n) is 5.51. The first kappa shape index (κ1) is 11.5. The van der Waals surface area contributed by atoms with E-state index >= 15 is 0 Å². The van der Waals surface area contributed by atoms with Crippen molar-refractivity contribution in [2.24, 2.45) is 0 Å². The molecule has 4 heteroatoms. The number of carbonyl (C=O) groups is 1. The van der Waals surface area contributed by atoms with E-state index in [1.165, 1.54) is 0 Å². The van der Waals surface area contributed by atoms with E-state index in [1.807, 2.05) is 44.7 Å². The van der Waals surface area contributed by atoms with Crippen LogP contribution in [0.1, 0.15) is 10.4 Å². The lowest BCUT2D eigenvalue weighted by Crippen LogP contribution is -2.39.